The number of methoxy groups -OCH3 is 1. The minimum atomic E-state index is -0.0822. The van der Waals surface area contributed by atoms with Gasteiger partial charge in [-0.3, -0.25) is 0 Å². The zero-order valence-electron chi connectivity index (χ0n) is 24.8. The minimum absolute atomic E-state index is 0.0822. The molecule has 0 aliphatic rings. The highest BCUT2D eigenvalue weighted by Gasteiger charge is 2.23. The van der Waals surface area contributed by atoms with Gasteiger partial charge in [0.25, 0.3) is 0 Å². The normalized spacial score (nSPS) is 12.3. The second kappa shape index (κ2) is 10.5. The molecule has 0 saturated carbocycles. The molecule has 1 N–H and O–H groups in total. The summed E-state index contributed by atoms with van der Waals surface area (Å²) in [7, 11) is 1.70. The Bertz CT molecular complexity index is 1840. The maximum Gasteiger partial charge on any atom is 0.118 e. The first-order chi connectivity index (χ1) is 19.7. The third-order valence-corrected chi connectivity index (χ3v) is 7.88. The van der Waals surface area contributed by atoms with E-state index < -0.39 is 0 Å². The van der Waals surface area contributed by atoms with E-state index in [9.17, 15) is 0 Å². The van der Waals surface area contributed by atoms with Crippen molar-refractivity contribution in [2.45, 2.75) is 46.1 Å². The van der Waals surface area contributed by atoms with Crippen LogP contribution in [0.15, 0.2) is 97.1 Å². The van der Waals surface area contributed by atoms with Gasteiger partial charge < -0.3 is 14.3 Å². The first-order valence-electron chi connectivity index (χ1n) is 14.4. The second-order valence-corrected chi connectivity index (χ2v) is 12.2. The van der Waals surface area contributed by atoms with Gasteiger partial charge in [0.1, 0.15) is 5.75 Å². The van der Waals surface area contributed by atoms with Crippen molar-refractivity contribution in [1.82, 2.24) is 9.55 Å². The Hall–Kier alpha value is -4.50. The predicted octanol–water partition coefficient (Wildman–Crippen LogP) is 10.5. The van der Waals surface area contributed by atoms with Crippen LogP contribution in [0.2, 0.25) is 0 Å². The van der Waals surface area contributed by atoms with E-state index in [0.717, 1.165) is 17.0 Å². The number of nitrogens with one attached hydrogen (secondary N) is 1. The quantitative estimate of drug-likeness (QED) is 0.225. The molecule has 0 atom stereocenters. The standard InChI is InChI=1S/C38H38N2O/c1-25(2)34-21-26(11-16-31-23-29-9-7-8-10-35(29)39-31)12-19-33(34)37-24-30-22-28(27-13-17-32(41-6)18-14-27)15-20-36(30)40(37)38(3,4)5/h7-25,39H,1-6H3. The summed E-state index contributed by atoms with van der Waals surface area (Å²) in [5.41, 5.74) is 10.9. The number of aromatic nitrogens is 2. The predicted molar refractivity (Wildman–Crippen MR) is 176 cm³/mol. The Morgan fingerprint density at radius 2 is 1.51 bits per heavy atom. The zero-order chi connectivity index (χ0) is 28.7. The van der Waals surface area contributed by atoms with Crippen LogP contribution in [0, 0.1) is 0 Å². The van der Waals surface area contributed by atoms with Crippen LogP contribution < -0.4 is 4.74 Å². The average Bonchev–Trinajstić information content (AvgIpc) is 3.57. The average molecular weight is 539 g/mol. The van der Waals surface area contributed by atoms with Gasteiger partial charge in [0.05, 0.1) is 7.11 Å². The number of para-hydroxylation sites is 1. The Morgan fingerprint density at radius 1 is 0.756 bits per heavy atom. The summed E-state index contributed by atoms with van der Waals surface area (Å²) >= 11 is 0. The van der Waals surface area contributed by atoms with Gasteiger partial charge in [-0.05, 0) is 103 Å². The second-order valence-electron chi connectivity index (χ2n) is 12.2. The van der Waals surface area contributed by atoms with Crippen molar-refractivity contribution in [2.24, 2.45) is 0 Å². The maximum atomic E-state index is 5.36. The monoisotopic (exact) mass is 538 g/mol. The molecule has 6 aromatic rings. The van der Waals surface area contributed by atoms with Crippen LogP contribution in [-0.4, -0.2) is 16.7 Å². The lowest BCUT2D eigenvalue weighted by atomic mass is 9.92. The Kier molecular flexibility index (Phi) is 6.83. The van der Waals surface area contributed by atoms with Gasteiger partial charge in [-0.2, -0.15) is 0 Å². The molecular weight excluding hydrogens is 500 g/mol. The van der Waals surface area contributed by atoms with E-state index in [0.29, 0.717) is 5.92 Å². The molecule has 0 saturated heterocycles. The first-order valence-corrected chi connectivity index (χ1v) is 14.4. The van der Waals surface area contributed by atoms with E-state index in [4.69, 9.17) is 4.74 Å². The van der Waals surface area contributed by atoms with Crippen LogP contribution in [0.5, 0.6) is 5.75 Å². The summed E-state index contributed by atoms with van der Waals surface area (Å²) in [4.78, 5) is 3.51. The van der Waals surface area contributed by atoms with E-state index >= 15 is 0 Å². The first kappa shape index (κ1) is 26.7. The molecule has 3 nitrogen and oxygen atoms in total. The highest BCUT2D eigenvalue weighted by molar-refractivity contribution is 5.92. The van der Waals surface area contributed by atoms with Crippen molar-refractivity contribution in [1.29, 1.82) is 0 Å². The van der Waals surface area contributed by atoms with Gasteiger partial charge in [-0.25, -0.2) is 0 Å². The molecule has 3 heteroatoms. The van der Waals surface area contributed by atoms with Crippen molar-refractivity contribution >= 4 is 34.0 Å². The molecule has 6 rings (SSSR count). The Labute approximate surface area is 243 Å². The third-order valence-electron chi connectivity index (χ3n) is 7.88. The molecule has 0 aliphatic heterocycles. The lowest BCUT2D eigenvalue weighted by Crippen LogP contribution is -2.22. The lowest BCUT2D eigenvalue weighted by Gasteiger charge is -2.27. The Morgan fingerprint density at radius 3 is 2.22 bits per heavy atom. The smallest absolute Gasteiger partial charge is 0.118 e. The van der Waals surface area contributed by atoms with E-state index in [1.54, 1.807) is 7.11 Å². The molecule has 41 heavy (non-hydrogen) atoms. The molecule has 0 aliphatic carbocycles. The van der Waals surface area contributed by atoms with Gasteiger partial charge in [0, 0.05) is 38.9 Å². The summed E-state index contributed by atoms with van der Waals surface area (Å²) in [6.07, 6.45) is 4.38. The van der Waals surface area contributed by atoms with E-state index in [-0.39, 0.29) is 5.54 Å². The molecule has 0 amide bonds. The fourth-order valence-electron chi connectivity index (χ4n) is 5.87. The highest BCUT2D eigenvalue weighted by atomic mass is 16.5. The fraction of sp³-hybridized carbons (Fsp3) is 0.211. The number of hydrogen-bond donors (Lipinski definition) is 1. The minimum Gasteiger partial charge on any atom is -0.497 e. The highest BCUT2D eigenvalue weighted by Crippen LogP contribution is 2.39. The van der Waals surface area contributed by atoms with Crippen LogP contribution in [0.1, 0.15) is 57.4 Å². The largest absolute Gasteiger partial charge is 0.497 e. The van der Waals surface area contributed by atoms with Crippen molar-refractivity contribution in [3.63, 3.8) is 0 Å². The van der Waals surface area contributed by atoms with Crippen molar-refractivity contribution in [3.8, 4) is 28.1 Å². The van der Waals surface area contributed by atoms with Crippen molar-refractivity contribution in [2.75, 3.05) is 7.11 Å². The van der Waals surface area contributed by atoms with Crippen LogP contribution in [0.3, 0.4) is 0 Å². The van der Waals surface area contributed by atoms with Crippen LogP contribution in [-0.2, 0) is 5.54 Å². The molecule has 2 heterocycles. The summed E-state index contributed by atoms with van der Waals surface area (Å²) in [5, 5.41) is 2.48. The maximum absolute atomic E-state index is 5.36. The molecule has 206 valence electrons. The molecule has 0 radical (unpaired) electrons. The number of hydrogen-bond acceptors (Lipinski definition) is 1. The number of fused-ring (bicyclic) bond motifs is 2. The summed E-state index contributed by atoms with van der Waals surface area (Å²) in [6, 6.07) is 35.0. The number of ether oxygens (including phenoxy) is 1. The van der Waals surface area contributed by atoms with E-state index in [1.165, 1.54) is 49.8 Å². The lowest BCUT2D eigenvalue weighted by molar-refractivity contribution is 0.414. The van der Waals surface area contributed by atoms with Crippen LogP contribution >= 0.6 is 0 Å². The molecule has 2 aromatic heterocycles. The molecular formula is C38H38N2O. The van der Waals surface area contributed by atoms with Crippen LogP contribution in [0.25, 0.3) is 56.3 Å². The number of aromatic amines is 1. The molecule has 0 unspecified atom stereocenters. The zero-order valence-corrected chi connectivity index (χ0v) is 24.8. The summed E-state index contributed by atoms with van der Waals surface area (Å²) < 4.78 is 7.86. The number of H-pyrrole nitrogens is 1. The van der Waals surface area contributed by atoms with Gasteiger partial charge >= 0.3 is 0 Å². The summed E-state index contributed by atoms with van der Waals surface area (Å²) in [5.74, 6) is 1.25. The van der Waals surface area contributed by atoms with Gasteiger partial charge in [-0.1, -0.05) is 74.5 Å². The molecule has 0 spiro atoms. The van der Waals surface area contributed by atoms with Crippen molar-refractivity contribution < 1.29 is 4.74 Å². The van der Waals surface area contributed by atoms with Crippen molar-refractivity contribution in [3.05, 3.63) is 114 Å². The van der Waals surface area contributed by atoms with Crippen LogP contribution in [0.4, 0.5) is 0 Å². The van der Waals surface area contributed by atoms with E-state index in [1.807, 2.05) is 12.1 Å². The molecule has 0 fully saturated rings. The van der Waals surface area contributed by atoms with Gasteiger partial charge in [-0.15, -0.1) is 0 Å². The number of rotatable bonds is 6. The third kappa shape index (κ3) is 5.20. The van der Waals surface area contributed by atoms with Gasteiger partial charge in [0.15, 0.2) is 0 Å². The summed E-state index contributed by atoms with van der Waals surface area (Å²) in [6.45, 7) is 11.4. The van der Waals surface area contributed by atoms with E-state index in [2.05, 4.69) is 141 Å². The molecule has 4 aromatic carbocycles. The van der Waals surface area contributed by atoms with Gasteiger partial charge in [0.2, 0.25) is 0 Å². The molecule has 0 bridgehead atoms. The number of benzene rings is 4. The SMILES string of the molecule is COc1ccc(-c2ccc3c(c2)cc(-c2ccc(C=Cc4cc5ccccc5[nH]4)cc2C(C)C)n3C(C)(C)C)cc1. The topological polar surface area (TPSA) is 29.9 Å². The Balaban J connectivity index is 1.42. The number of nitrogens with zero attached hydrogens (tertiary/aromatic N) is 1. The fourth-order valence-corrected chi connectivity index (χ4v) is 5.87.